The Kier molecular flexibility index (Phi) is 6.24. The highest BCUT2D eigenvalue weighted by Crippen LogP contribution is 2.30. The maximum atomic E-state index is 13.0. The van der Waals surface area contributed by atoms with Gasteiger partial charge in [-0.3, -0.25) is 4.79 Å². The van der Waals surface area contributed by atoms with Crippen molar-refractivity contribution >= 4 is 16.8 Å². The van der Waals surface area contributed by atoms with E-state index < -0.39 is 0 Å². The molecule has 0 saturated heterocycles. The van der Waals surface area contributed by atoms with E-state index in [9.17, 15) is 4.79 Å². The minimum absolute atomic E-state index is 0.0732. The third-order valence-electron chi connectivity index (χ3n) is 4.90. The molecule has 3 rings (SSSR count). The second-order valence-corrected chi connectivity index (χ2v) is 6.87. The monoisotopic (exact) mass is 380 g/mol. The normalized spacial score (nSPS) is 12.0. The number of nitrogens with zero attached hydrogens (tertiary/aromatic N) is 1. The molecule has 0 aliphatic heterocycles. The Morgan fingerprint density at radius 2 is 1.93 bits per heavy atom. The number of hydrogen-bond acceptors (Lipinski definition) is 3. The van der Waals surface area contributed by atoms with Gasteiger partial charge in [0.05, 0.1) is 19.2 Å². The van der Waals surface area contributed by atoms with Gasteiger partial charge in [-0.1, -0.05) is 25.1 Å². The van der Waals surface area contributed by atoms with Crippen LogP contribution in [0.3, 0.4) is 0 Å². The lowest BCUT2D eigenvalue weighted by Crippen LogP contribution is -2.33. The molecule has 0 aliphatic carbocycles. The van der Waals surface area contributed by atoms with Crippen molar-refractivity contribution in [1.29, 1.82) is 0 Å². The summed E-state index contributed by atoms with van der Waals surface area (Å²) in [6.07, 6.45) is 0.881. The van der Waals surface area contributed by atoms with E-state index in [1.54, 1.807) is 7.11 Å². The first-order valence-electron chi connectivity index (χ1n) is 9.76. The lowest BCUT2D eigenvalue weighted by molar-refractivity contribution is 0.0931. The highest BCUT2D eigenvalue weighted by atomic mass is 16.5. The van der Waals surface area contributed by atoms with Crippen molar-refractivity contribution < 1.29 is 14.3 Å². The number of methoxy groups -OCH3 is 1. The van der Waals surface area contributed by atoms with Gasteiger partial charge >= 0.3 is 0 Å². The second kappa shape index (κ2) is 8.83. The van der Waals surface area contributed by atoms with E-state index in [-0.39, 0.29) is 11.9 Å². The van der Waals surface area contributed by atoms with E-state index in [0.717, 1.165) is 34.4 Å². The Bertz CT molecular complexity index is 962. The molecule has 1 N–H and O–H groups in total. The standard InChI is InChI=1S/C23H28N2O3/c1-5-16(3)24-23(26)21-14-19-20(11-8-12-22(19)28-6-2)25(21)15-17-9-7-10-18(13-17)27-4/h7-14,16H,5-6,15H2,1-4H3,(H,24,26)/t16-/m0/s1. The maximum Gasteiger partial charge on any atom is 0.268 e. The molecule has 0 unspecified atom stereocenters. The van der Waals surface area contributed by atoms with Gasteiger partial charge in [0, 0.05) is 18.0 Å². The predicted molar refractivity (Wildman–Crippen MR) is 112 cm³/mol. The summed E-state index contributed by atoms with van der Waals surface area (Å²) in [5.74, 6) is 1.52. The first-order valence-corrected chi connectivity index (χ1v) is 9.76. The Hall–Kier alpha value is -2.95. The number of fused-ring (bicyclic) bond motifs is 1. The summed E-state index contributed by atoms with van der Waals surface area (Å²) in [7, 11) is 1.66. The molecular formula is C23H28N2O3. The van der Waals surface area contributed by atoms with E-state index in [2.05, 4.69) is 12.2 Å². The van der Waals surface area contributed by atoms with Gasteiger partial charge in [0.25, 0.3) is 5.91 Å². The zero-order valence-corrected chi connectivity index (χ0v) is 17.0. The number of carbonyl (C=O) groups excluding carboxylic acids is 1. The van der Waals surface area contributed by atoms with Crippen molar-refractivity contribution in [2.45, 2.75) is 39.8 Å². The number of carbonyl (C=O) groups is 1. The van der Waals surface area contributed by atoms with Crippen LogP contribution in [0.4, 0.5) is 0 Å². The quantitative estimate of drug-likeness (QED) is 0.620. The van der Waals surface area contributed by atoms with Crippen molar-refractivity contribution in [3.8, 4) is 11.5 Å². The predicted octanol–water partition coefficient (Wildman–Crippen LogP) is 4.63. The van der Waals surface area contributed by atoms with Crippen LogP contribution < -0.4 is 14.8 Å². The highest BCUT2D eigenvalue weighted by Gasteiger charge is 2.19. The molecule has 0 radical (unpaired) electrons. The molecule has 0 fully saturated rings. The topological polar surface area (TPSA) is 52.5 Å². The smallest absolute Gasteiger partial charge is 0.268 e. The molecule has 28 heavy (non-hydrogen) atoms. The minimum Gasteiger partial charge on any atom is -0.497 e. The number of ether oxygens (including phenoxy) is 2. The van der Waals surface area contributed by atoms with Crippen LogP contribution in [0.1, 0.15) is 43.2 Å². The van der Waals surface area contributed by atoms with Crippen LogP contribution in [-0.2, 0) is 6.54 Å². The van der Waals surface area contributed by atoms with E-state index in [1.165, 1.54) is 0 Å². The van der Waals surface area contributed by atoms with E-state index in [1.807, 2.05) is 66.9 Å². The molecule has 0 aliphatic rings. The molecule has 148 valence electrons. The Balaban J connectivity index is 2.09. The van der Waals surface area contributed by atoms with Crippen LogP contribution in [0.2, 0.25) is 0 Å². The number of hydrogen-bond donors (Lipinski definition) is 1. The van der Waals surface area contributed by atoms with Crippen LogP contribution in [0, 0.1) is 0 Å². The number of amides is 1. The van der Waals surface area contributed by atoms with Gasteiger partial charge < -0.3 is 19.4 Å². The molecule has 5 nitrogen and oxygen atoms in total. The van der Waals surface area contributed by atoms with Crippen molar-refractivity contribution in [3.05, 3.63) is 59.8 Å². The van der Waals surface area contributed by atoms with Crippen LogP contribution in [0.15, 0.2) is 48.5 Å². The van der Waals surface area contributed by atoms with Gasteiger partial charge in [0.15, 0.2) is 0 Å². The van der Waals surface area contributed by atoms with Gasteiger partial charge in [-0.15, -0.1) is 0 Å². The molecule has 0 saturated carbocycles. The first kappa shape index (κ1) is 19.8. The number of rotatable bonds is 8. The zero-order valence-electron chi connectivity index (χ0n) is 17.0. The van der Waals surface area contributed by atoms with Gasteiger partial charge in [0.2, 0.25) is 0 Å². The van der Waals surface area contributed by atoms with Crippen LogP contribution >= 0.6 is 0 Å². The van der Waals surface area contributed by atoms with Crippen LogP contribution in [0.25, 0.3) is 10.9 Å². The number of nitrogens with one attached hydrogen (secondary N) is 1. The van der Waals surface area contributed by atoms with Gasteiger partial charge in [0.1, 0.15) is 17.2 Å². The molecule has 0 bridgehead atoms. The molecule has 5 heteroatoms. The van der Waals surface area contributed by atoms with E-state index in [4.69, 9.17) is 9.47 Å². The van der Waals surface area contributed by atoms with Gasteiger partial charge in [-0.05, 0) is 56.2 Å². The Labute approximate surface area is 166 Å². The number of aromatic nitrogens is 1. The molecule has 2 aromatic carbocycles. The van der Waals surface area contributed by atoms with Crippen molar-refractivity contribution in [3.63, 3.8) is 0 Å². The minimum atomic E-state index is -0.0732. The summed E-state index contributed by atoms with van der Waals surface area (Å²) >= 11 is 0. The fourth-order valence-corrected chi connectivity index (χ4v) is 3.25. The van der Waals surface area contributed by atoms with Gasteiger partial charge in [-0.2, -0.15) is 0 Å². The molecule has 3 aromatic rings. The summed E-state index contributed by atoms with van der Waals surface area (Å²) in [5.41, 5.74) is 2.67. The molecular weight excluding hydrogens is 352 g/mol. The summed E-state index contributed by atoms with van der Waals surface area (Å²) in [6, 6.07) is 15.9. The second-order valence-electron chi connectivity index (χ2n) is 6.87. The maximum absolute atomic E-state index is 13.0. The summed E-state index contributed by atoms with van der Waals surface area (Å²) < 4.78 is 13.2. The van der Waals surface area contributed by atoms with Crippen LogP contribution in [0.5, 0.6) is 11.5 Å². The van der Waals surface area contributed by atoms with E-state index >= 15 is 0 Å². The lowest BCUT2D eigenvalue weighted by Gasteiger charge is -2.15. The molecule has 1 aromatic heterocycles. The average Bonchev–Trinajstić information content (AvgIpc) is 3.08. The molecule has 1 amide bonds. The Morgan fingerprint density at radius 1 is 1.14 bits per heavy atom. The fourth-order valence-electron chi connectivity index (χ4n) is 3.25. The summed E-state index contributed by atoms with van der Waals surface area (Å²) in [6.45, 7) is 7.18. The fraction of sp³-hybridized carbons (Fsp3) is 0.348. The zero-order chi connectivity index (χ0) is 20.1. The van der Waals surface area contributed by atoms with Crippen molar-refractivity contribution in [2.24, 2.45) is 0 Å². The lowest BCUT2D eigenvalue weighted by atomic mass is 10.2. The summed E-state index contributed by atoms with van der Waals surface area (Å²) in [4.78, 5) is 13.0. The van der Waals surface area contributed by atoms with Gasteiger partial charge in [-0.25, -0.2) is 0 Å². The summed E-state index contributed by atoms with van der Waals surface area (Å²) in [5, 5.41) is 4.03. The van der Waals surface area contributed by atoms with Crippen molar-refractivity contribution in [1.82, 2.24) is 9.88 Å². The third kappa shape index (κ3) is 4.14. The average molecular weight is 380 g/mol. The molecule has 0 spiro atoms. The number of benzene rings is 2. The molecule has 1 atom stereocenters. The Morgan fingerprint density at radius 3 is 2.64 bits per heavy atom. The highest BCUT2D eigenvalue weighted by molar-refractivity contribution is 6.00. The SMILES string of the molecule is CCOc1cccc2c1cc(C(=O)N[C@@H](C)CC)n2Cc1cccc(OC)c1. The van der Waals surface area contributed by atoms with E-state index in [0.29, 0.717) is 18.8 Å². The van der Waals surface area contributed by atoms with Crippen LogP contribution in [-0.4, -0.2) is 30.2 Å². The largest absolute Gasteiger partial charge is 0.497 e. The third-order valence-corrected chi connectivity index (χ3v) is 4.90. The van der Waals surface area contributed by atoms with Crippen molar-refractivity contribution in [2.75, 3.05) is 13.7 Å². The molecule has 1 heterocycles. The first-order chi connectivity index (χ1) is 13.6.